The molecule has 2 N–H and O–H groups in total. The van der Waals surface area contributed by atoms with Crippen LogP contribution in [0.1, 0.15) is 28.1 Å². The van der Waals surface area contributed by atoms with Crippen molar-refractivity contribution in [2.45, 2.75) is 25.9 Å². The summed E-state index contributed by atoms with van der Waals surface area (Å²) in [6, 6.07) is 16.7. The Hall–Kier alpha value is -3.03. The van der Waals surface area contributed by atoms with Crippen LogP contribution in [0.15, 0.2) is 54.6 Å². The Labute approximate surface area is 172 Å². The summed E-state index contributed by atoms with van der Waals surface area (Å²) in [5, 5.41) is 6.22. The van der Waals surface area contributed by atoms with Gasteiger partial charge in [-0.3, -0.25) is 14.9 Å². The van der Waals surface area contributed by atoms with Crippen LogP contribution >= 0.6 is 11.3 Å². The Morgan fingerprint density at radius 1 is 1.10 bits per heavy atom. The first-order valence-corrected chi connectivity index (χ1v) is 10.3. The largest absolute Gasteiger partial charge is 0.368 e. The molecule has 2 aromatic carbocycles. The van der Waals surface area contributed by atoms with Gasteiger partial charge in [0.05, 0.1) is 5.69 Å². The fourth-order valence-corrected chi connectivity index (χ4v) is 4.06. The van der Waals surface area contributed by atoms with Gasteiger partial charge in [-0.2, -0.15) is 0 Å². The smallest absolute Gasteiger partial charge is 0.257 e. The van der Waals surface area contributed by atoms with Crippen molar-refractivity contribution in [2.24, 2.45) is 0 Å². The fourth-order valence-electron chi connectivity index (χ4n) is 3.23. The van der Waals surface area contributed by atoms with Crippen LogP contribution in [-0.2, 0) is 9.53 Å². The van der Waals surface area contributed by atoms with Gasteiger partial charge in [-0.05, 0) is 38.0 Å². The molecule has 7 heteroatoms. The maximum Gasteiger partial charge on any atom is 0.257 e. The van der Waals surface area contributed by atoms with Crippen LogP contribution in [0.4, 0.5) is 10.8 Å². The molecule has 0 aliphatic carbocycles. The molecule has 4 rings (SSSR count). The maximum absolute atomic E-state index is 12.7. The molecule has 1 aliphatic rings. The number of thiazole rings is 1. The number of aryl methyl sites for hydroxylation is 1. The highest BCUT2D eigenvalue weighted by molar-refractivity contribution is 7.16. The number of hydrogen-bond donors (Lipinski definition) is 2. The van der Waals surface area contributed by atoms with Crippen molar-refractivity contribution in [1.29, 1.82) is 0 Å². The number of nitrogens with zero attached hydrogens (tertiary/aromatic N) is 1. The first kappa shape index (κ1) is 19.3. The monoisotopic (exact) mass is 407 g/mol. The summed E-state index contributed by atoms with van der Waals surface area (Å²) in [6.45, 7) is 2.59. The number of carbonyl (C=O) groups excluding carboxylic acids is 2. The van der Waals surface area contributed by atoms with Gasteiger partial charge in [0.1, 0.15) is 6.10 Å². The average molecular weight is 407 g/mol. The first-order valence-electron chi connectivity index (χ1n) is 9.47. The van der Waals surface area contributed by atoms with Crippen molar-refractivity contribution < 1.29 is 14.3 Å². The minimum Gasteiger partial charge on any atom is -0.368 e. The summed E-state index contributed by atoms with van der Waals surface area (Å²) in [5.74, 6) is -0.449. The van der Waals surface area contributed by atoms with Gasteiger partial charge < -0.3 is 10.1 Å². The molecule has 0 bridgehead atoms. The fraction of sp³-hybridized carbons (Fsp3) is 0.227. The highest BCUT2D eigenvalue weighted by atomic mass is 32.1. The Kier molecular flexibility index (Phi) is 5.69. The minimum atomic E-state index is -0.415. The summed E-state index contributed by atoms with van der Waals surface area (Å²) in [5.41, 5.74) is 2.90. The van der Waals surface area contributed by atoms with Crippen LogP contribution in [0.25, 0.3) is 11.3 Å². The van der Waals surface area contributed by atoms with E-state index in [-0.39, 0.29) is 11.8 Å². The quantitative estimate of drug-likeness (QED) is 0.653. The molecular weight excluding hydrogens is 386 g/mol. The molecule has 2 heterocycles. The highest BCUT2D eigenvalue weighted by Gasteiger charge is 2.23. The SMILES string of the molecule is Cc1sc(NC(=O)c2cccc(NC(=O)[C@@H]3CCCO3)c2)nc1-c1ccccc1. The third-order valence-corrected chi connectivity index (χ3v) is 5.56. The number of benzene rings is 2. The lowest BCUT2D eigenvalue weighted by Gasteiger charge is -2.11. The number of amides is 2. The summed E-state index contributed by atoms with van der Waals surface area (Å²) < 4.78 is 5.40. The predicted molar refractivity (Wildman–Crippen MR) is 114 cm³/mol. The zero-order valence-corrected chi connectivity index (χ0v) is 16.8. The van der Waals surface area contributed by atoms with Crippen molar-refractivity contribution in [1.82, 2.24) is 4.98 Å². The van der Waals surface area contributed by atoms with Gasteiger partial charge >= 0.3 is 0 Å². The third kappa shape index (κ3) is 4.52. The average Bonchev–Trinajstić information content (AvgIpc) is 3.39. The van der Waals surface area contributed by atoms with Crippen LogP contribution in [0.2, 0.25) is 0 Å². The van der Waals surface area contributed by atoms with E-state index in [1.165, 1.54) is 11.3 Å². The number of anilines is 2. The van der Waals surface area contributed by atoms with Crippen molar-refractivity contribution in [3.05, 3.63) is 65.0 Å². The lowest BCUT2D eigenvalue weighted by atomic mass is 10.1. The molecule has 6 nitrogen and oxygen atoms in total. The van der Waals surface area contributed by atoms with Crippen molar-refractivity contribution >= 4 is 34.0 Å². The van der Waals surface area contributed by atoms with E-state index in [9.17, 15) is 9.59 Å². The molecule has 2 amide bonds. The Morgan fingerprint density at radius 3 is 2.69 bits per heavy atom. The van der Waals surface area contributed by atoms with Crippen LogP contribution in [0.3, 0.4) is 0 Å². The standard InChI is InChI=1S/C22H21N3O3S/c1-14-19(15-7-3-2-4-8-15)24-22(29-14)25-20(26)16-9-5-10-17(13-16)23-21(27)18-11-6-12-28-18/h2-5,7-10,13,18H,6,11-12H2,1H3,(H,23,27)(H,24,25,26)/t18-/m0/s1. The van der Waals surface area contributed by atoms with E-state index in [2.05, 4.69) is 15.6 Å². The van der Waals surface area contributed by atoms with Gasteiger partial charge in [0.15, 0.2) is 5.13 Å². The molecule has 148 valence electrons. The van der Waals surface area contributed by atoms with E-state index in [0.717, 1.165) is 29.0 Å². The minimum absolute atomic E-state index is 0.178. The normalized spacial score (nSPS) is 15.8. The van der Waals surface area contributed by atoms with Crippen molar-refractivity contribution in [2.75, 3.05) is 17.2 Å². The highest BCUT2D eigenvalue weighted by Crippen LogP contribution is 2.30. The zero-order chi connectivity index (χ0) is 20.2. The van der Waals surface area contributed by atoms with Gasteiger partial charge in [-0.25, -0.2) is 4.98 Å². The Morgan fingerprint density at radius 2 is 1.93 bits per heavy atom. The molecule has 0 unspecified atom stereocenters. The molecule has 1 saturated heterocycles. The third-order valence-electron chi connectivity index (χ3n) is 4.68. The molecule has 1 atom stereocenters. The number of ether oxygens (including phenoxy) is 1. The van der Waals surface area contributed by atoms with Crippen LogP contribution in [-0.4, -0.2) is 29.5 Å². The van der Waals surface area contributed by atoms with Crippen LogP contribution in [0, 0.1) is 6.92 Å². The molecule has 1 aromatic heterocycles. The molecular formula is C22H21N3O3S. The molecule has 1 fully saturated rings. The van der Waals surface area contributed by atoms with Gasteiger partial charge in [0.2, 0.25) is 0 Å². The summed E-state index contributed by atoms with van der Waals surface area (Å²) in [6.07, 6.45) is 1.19. The topological polar surface area (TPSA) is 80.3 Å². The molecule has 1 aliphatic heterocycles. The van der Waals surface area contributed by atoms with Crippen molar-refractivity contribution in [3.63, 3.8) is 0 Å². The van der Waals surface area contributed by atoms with Gasteiger partial charge in [-0.15, -0.1) is 11.3 Å². The molecule has 0 spiro atoms. The van der Waals surface area contributed by atoms with E-state index in [1.807, 2.05) is 37.3 Å². The van der Waals surface area contributed by atoms with Crippen LogP contribution in [0.5, 0.6) is 0 Å². The number of hydrogen-bond acceptors (Lipinski definition) is 5. The van der Waals surface area contributed by atoms with Gasteiger partial charge in [0, 0.05) is 28.3 Å². The lowest BCUT2D eigenvalue weighted by Crippen LogP contribution is -2.27. The van der Waals surface area contributed by atoms with E-state index < -0.39 is 6.10 Å². The van der Waals surface area contributed by atoms with E-state index >= 15 is 0 Å². The number of aromatic nitrogens is 1. The predicted octanol–water partition coefficient (Wildman–Crippen LogP) is 4.49. The van der Waals surface area contributed by atoms with Crippen LogP contribution < -0.4 is 10.6 Å². The number of rotatable bonds is 5. The van der Waals surface area contributed by atoms with E-state index in [1.54, 1.807) is 24.3 Å². The summed E-state index contributed by atoms with van der Waals surface area (Å²) in [4.78, 5) is 30.5. The molecule has 0 saturated carbocycles. The zero-order valence-electron chi connectivity index (χ0n) is 16.0. The Balaban J connectivity index is 1.46. The van der Waals surface area contributed by atoms with Gasteiger partial charge in [-0.1, -0.05) is 36.4 Å². The van der Waals surface area contributed by atoms with Gasteiger partial charge in [0.25, 0.3) is 11.8 Å². The van der Waals surface area contributed by atoms with Crippen molar-refractivity contribution in [3.8, 4) is 11.3 Å². The lowest BCUT2D eigenvalue weighted by molar-refractivity contribution is -0.124. The Bertz CT molecular complexity index is 1030. The molecule has 29 heavy (non-hydrogen) atoms. The molecule has 0 radical (unpaired) electrons. The second kappa shape index (κ2) is 8.55. The second-order valence-electron chi connectivity index (χ2n) is 6.82. The van der Waals surface area contributed by atoms with E-state index in [0.29, 0.717) is 23.0 Å². The van der Waals surface area contributed by atoms with E-state index in [4.69, 9.17) is 4.74 Å². The summed E-state index contributed by atoms with van der Waals surface area (Å²) in [7, 11) is 0. The first-order chi connectivity index (χ1) is 14.1. The number of nitrogens with one attached hydrogen (secondary N) is 2. The maximum atomic E-state index is 12.7. The number of carbonyl (C=O) groups is 2. The molecule has 3 aromatic rings. The second-order valence-corrected chi connectivity index (χ2v) is 8.02. The summed E-state index contributed by atoms with van der Waals surface area (Å²) >= 11 is 1.43.